The molecule has 1 nitrogen and oxygen atoms in total. The Kier molecular flexibility index (Phi) is 10.5. The van der Waals surface area contributed by atoms with E-state index in [0.717, 1.165) is 5.92 Å². The van der Waals surface area contributed by atoms with Crippen LogP contribution in [0.5, 0.6) is 0 Å². The highest BCUT2D eigenvalue weighted by Crippen LogP contribution is 2.37. The van der Waals surface area contributed by atoms with Crippen molar-refractivity contribution in [3.8, 4) is 0 Å². The second-order valence-corrected chi connectivity index (χ2v) is 12.2. The van der Waals surface area contributed by atoms with Crippen molar-refractivity contribution in [3.05, 3.63) is 11.6 Å². The van der Waals surface area contributed by atoms with Crippen LogP contribution in [0, 0.1) is 5.92 Å². The maximum Gasteiger partial charge on any atom is 0.192 e. The molecular weight excluding hydrogens is 296 g/mol. The quantitative estimate of drug-likeness (QED) is 0.215. The summed E-state index contributed by atoms with van der Waals surface area (Å²) in [5.41, 5.74) is 1.62. The van der Waals surface area contributed by atoms with Crippen molar-refractivity contribution >= 4 is 8.32 Å². The standard InChI is InChI=1S/C21H42OSi/c1-6-11-13-16-19(7-2)21(20-17-14-12-15-18-20)22-23(8-3,9-4)10-5/h7,20-21H,6,8-18H2,1-5H3/b19-7+/t21-/m1/s1. The van der Waals surface area contributed by atoms with Crippen molar-refractivity contribution in [1.82, 2.24) is 0 Å². The van der Waals surface area contributed by atoms with Crippen LogP contribution in [0.4, 0.5) is 0 Å². The van der Waals surface area contributed by atoms with Crippen molar-refractivity contribution in [2.45, 2.75) is 117 Å². The minimum atomic E-state index is -1.53. The van der Waals surface area contributed by atoms with Crippen LogP contribution in [-0.4, -0.2) is 14.4 Å². The third-order valence-corrected chi connectivity index (χ3v) is 10.8. The van der Waals surface area contributed by atoms with Gasteiger partial charge in [0.15, 0.2) is 8.32 Å². The summed E-state index contributed by atoms with van der Waals surface area (Å²) in [4.78, 5) is 0. The molecule has 0 radical (unpaired) electrons. The van der Waals surface area contributed by atoms with Crippen LogP contribution in [0.1, 0.15) is 92.4 Å². The summed E-state index contributed by atoms with van der Waals surface area (Å²) < 4.78 is 7.08. The fourth-order valence-corrected chi connectivity index (χ4v) is 7.09. The molecule has 0 bridgehead atoms. The maximum absolute atomic E-state index is 7.08. The molecular formula is C21H42OSi. The van der Waals surface area contributed by atoms with E-state index in [2.05, 4.69) is 40.7 Å². The normalized spacial score (nSPS) is 19.1. The van der Waals surface area contributed by atoms with Crippen LogP contribution in [0.3, 0.4) is 0 Å². The van der Waals surface area contributed by atoms with E-state index in [4.69, 9.17) is 4.43 Å². The van der Waals surface area contributed by atoms with Gasteiger partial charge in [-0.2, -0.15) is 0 Å². The second-order valence-electron chi connectivity index (χ2n) is 7.50. The van der Waals surface area contributed by atoms with Gasteiger partial charge in [0.2, 0.25) is 0 Å². The van der Waals surface area contributed by atoms with Gasteiger partial charge >= 0.3 is 0 Å². The summed E-state index contributed by atoms with van der Waals surface area (Å²) in [6, 6.07) is 3.82. The molecule has 1 aliphatic carbocycles. The Hall–Kier alpha value is -0.0831. The lowest BCUT2D eigenvalue weighted by Gasteiger charge is -2.40. The largest absolute Gasteiger partial charge is 0.410 e. The van der Waals surface area contributed by atoms with E-state index in [9.17, 15) is 0 Å². The molecule has 0 spiro atoms. The van der Waals surface area contributed by atoms with E-state index >= 15 is 0 Å². The van der Waals surface area contributed by atoms with Gasteiger partial charge < -0.3 is 4.43 Å². The molecule has 0 heterocycles. The van der Waals surface area contributed by atoms with E-state index < -0.39 is 8.32 Å². The van der Waals surface area contributed by atoms with Crippen LogP contribution in [0.25, 0.3) is 0 Å². The number of unbranched alkanes of at least 4 members (excludes halogenated alkanes) is 2. The lowest BCUT2D eigenvalue weighted by atomic mass is 9.81. The molecule has 0 aromatic heterocycles. The summed E-state index contributed by atoms with van der Waals surface area (Å²) >= 11 is 0. The summed E-state index contributed by atoms with van der Waals surface area (Å²) in [5, 5.41) is 0. The topological polar surface area (TPSA) is 9.23 Å². The van der Waals surface area contributed by atoms with Gasteiger partial charge in [-0.05, 0) is 62.2 Å². The van der Waals surface area contributed by atoms with Gasteiger partial charge in [-0.3, -0.25) is 0 Å². The smallest absolute Gasteiger partial charge is 0.192 e. The molecule has 0 unspecified atom stereocenters. The Morgan fingerprint density at radius 2 is 1.61 bits per heavy atom. The fourth-order valence-electron chi connectivity index (χ4n) is 4.21. The van der Waals surface area contributed by atoms with Crippen molar-refractivity contribution in [2.75, 3.05) is 0 Å². The average molecular weight is 339 g/mol. The number of hydrogen-bond acceptors (Lipinski definition) is 1. The summed E-state index contributed by atoms with van der Waals surface area (Å²) in [7, 11) is -1.53. The van der Waals surface area contributed by atoms with Crippen molar-refractivity contribution in [3.63, 3.8) is 0 Å². The van der Waals surface area contributed by atoms with E-state index in [1.807, 2.05) is 0 Å². The lowest BCUT2D eigenvalue weighted by Crippen LogP contribution is -2.43. The first-order chi connectivity index (χ1) is 11.2. The van der Waals surface area contributed by atoms with E-state index in [1.54, 1.807) is 5.57 Å². The Labute approximate surface area is 147 Å². The van der Waals surface area contributed by atoms with Crippen LogP contribution in [0.15, 0.2) is 11.6 Å². The molecule has 0 aromatic carbocycles. The van der Waals surface area contributed by atoms with E-state index in [0.29, 0.717) is 6.10 Å². The predicted molar refractivity (Wildman–Crippen MR) is 107 cm³/mol. The van der Waals surface area contributed by atoms with Crippen molar-refractivity contribution in [1.29, 1.82) is 0 Å². The third kappa shape index (κ3) is 6.38. The molecule has 0 aromatic rings. The third-order valence-electron chi connectivity index (χ3n) is 6.19. The number of rotatable bonds is 11. The molecule has 1 atom stereocenters. The average Bonchev–Trinajstić information content (AvgIpc) is 2.62. The summed E-state index contributed by atoms with van der Waals surface area (Å²) in [5.74, 6) is 0.785. The number of hydrogen-bond donors (Lipinski definition) is 0. The molecule has 136 valence electrons. The van der Waals surface area contributed by atoms with Gasteiger partial charge in [-0.15, -0.1) is 0 Å². The molecule has 0 aliphatic heterocycles. The van der Waals surface area contributed by atoms with Gasteiger partial charge in [0, 0.05) is 0 Å². The minimum Gasteiger partial charge on any atom is -0.410 e. The predicted octanol–water partition coefficient (Wildman–Crippen LogP) is 7.48. The molecule has 0 saturated heterocycles. The van der Waals surface area contributed by atoms with Crippen molar-refractivity contribution in [2.24, 2.45) is 5.92 Å². The Morgan fingerprint density at radius 1 is 1.00 bits per heavy atom. The van der Waals surface area contributed by atoms with Gasteiger partial charge in [0.25, 0.3) is 0 Å². The molecule has 1 saturated carbocycles. The van der Waals surface area contributed by atoms with E-state index in [1.165, 1.54) is 75.9 Å². The van der Waals surface area contributed by atoms with Gasteiger partial charge in [0.1, 0.15) is 0 Å². The van der Waals surface area contributed by atoms with Gasteiger partial charge in [0.05, 0.1) is 6.10 Å². The SMILES string of the molecule is C/C=C(\CCCCC)[C@@H](O[Si](CC)(CC)CC)C1CCCCC1. The first-order valence-corrected chi connectivity index (χ1v) is 13.0. The Morgan fingerprint density at radius 3 is 2.09 bits per heavy atom. The molecule has 1 rings (SSSR count). The first kappa shape index (κ1) is 21.0. The Balaban J connectivity index is 2.90. The zero-order chi connectivity index (χ0) is 17.1. The molecule has 0 amide bonds. The highest BCUT2D eigenvalue weighted by Gasteiger charge is 2.36. The molecule has 1 aliphatic rings. The van der Waals surface area contributed by atoms with Gasteiger partial charge in [-0.25, -0.2) is 0 Å². The minimum absolute atomic E-state index is 0.434. The van der Waals surface area contributed by atoms with Crippen LogP contribution < -0.4 is 0 Å². The Bertz CT molecular complexity index is 318. The van der Waals surface area contributed by atoms with Crippen LogP contribution in [0.2, 0.25) is 18.1 Å². The summed E-state index contributed by atoms with van der Waals surface area (Å²) in [6.45, 7) is 11.6. The maximum atomic E-state index is 7.08. The fraction of sp³-hybridized carbons (Fsp3) is 0.905. The highest BCUT2D eigenvalue weighted by atomic mass is 28.4. The van der Waals surface area contributed by atoms with Gasteiger partial charge in [-0.1, -0.05) is 65.9 Å². The highest BCUT2D eigenvalue weighted by molar-refractivity contribution is 6.73. The van der Waals surface area contributed by atoms with Crippen molar-refractivity contribution < 1.29 is 4.43 Å². The zero-order valence-corrected chi connectivity index (χ0v) is 17.6. The van der Waals surface area contributed by atoms with Crippen LogP contribution in [-0.2, 0) is 4.43 Å². The summed E-state index contributed by atoms with van der Waals surface area (Å²) in [6.07, 6.45) is 15.1. The second kappa shape index (κ2) is 11.5. The van der Waals surface area contributed by atoms with Crippen LogP contribution >= 0.6 is 0 Å². The first-order valence-electron chi connectivity index (χ1n) is 10.5. The zero-order valence-electron chi connectivity index (χ0n) is 16.6. The molecule has 2 heteroatoms. The molecule has 0 N–H and O–H groups in total. The monoisotopic (exact) mass is 338 g/mol. The van der Waals surface area contributed by atoms with E-state index in [-0.39, 0.29) is 0 Å². The number of allylic oxidation sites excluding steroid dienone is 1. The molecule has 1 fully saturated rings. The lowest BCUT2D eigenvalue weighted by molar-refractivity contribution is 0.122. The molecule has 23 heavy (non-hydrogen) atoms.